The van der Waals surface area contributed by atoms with Crippen molar-refractivity contribution in [3.05, 3.63) is 52.2 Å². The van der Waals surface area contributed by atoms with E-state index in [4.69, 9.17) is 0 Å². The first-order valence-corrected chi connectivity index (χ1v) is 6.15. The maximum absolute atomic E-state index is 9.39. The molecule has 1 heterocycles. The van der Waals surface area contributed by atoms with Crippen molar-refractivity contribution in [2.24, 2.45) is 0 Å². The number of hydrogen-bond acceptors (Lipinski definition) is 3. The highest BCUT2D eigenvalue weighted by molar-refractivity contribution is 7.10. The van der Waals surface area contributed by atoms with E-state index in [2.05, 4.69) is 18.3 Å². The molecule has 3 heteroatoms. The second kappa shape index (κ2) is 5.14. The highest BCUT2D eigenvalue weighted by Crippen LogP contribution is 2.24. The minimum atomic E-state index is -0.0129. The standard InChI is InChI=1S/C13H15NOS/c1-10-5-2-3-6-11(10)14-12(9-15)13-7-4-8-16-13/h2-8,12,14-15H,9H2,1H3. The number of aliphatic hydroxyl groups excluding tert-OH is 1. The lowest BCUT2D eigenvalue weighted by Gasteiger charge is -2.17. The first-order valence-electron chi connectivity index (χ1n) is 5.27. The number of aliphatic hydroxyl groups is 1. The van der Waals surface area contributed by atoms with E-state index in [0.29, 0.717) is 0 Å². The number of benzene rings is 1. The van der Waals surface area contributed by atoms with Crippen LogP contribution in [0.15, 0.2) is 41.8 Å². The largest absolute Gasteiger partial charge is 0.394 e. The second-order valence-corrected chi connectivity index (χ2v) is 4.69. The van der Waals surface area contributed by atoms with Crippen LogP contribution in [-0.4, -0.2) is 11.7 Å². The molecule has 0 fully saturated rings. The van der Waals surface area contributed by atoms with Crippen molar-refractivity contribution in [1.82, 2.24) is 0 Å². The number of aryl methyl sites for hydroxylation is 1. The van der Waals surface area contributed by atoms with Gasteiger partial charge in [-0.25, -0.2) is 0 Å². The zero-order valence-electron chi connectivity index (χ0n) is 9.18. The summed E-state index contributed by atoms with van der Waals surface area (Å²) in [7, 11) is 0. The molecule has 0 amide bonds. The van der Waals surface area contributed by atoms with Crippen LogP contribution in [0, 0.1) is 6.92 Å². The Hall–Kier alpha value is -1.32. The van der Waals surface area contributed by atoms with E-state index in [1.807, 2.05) is 35.7 Å². The van der Waals surface area contributed by atoms with Gasteiger partial charge >= 0.3 is 0 Å². The second-order valence-electron chi connectivity index (χ2n) is 3.71. The molecule has 0 bridgehead atoms. The monoisotopic (exact) mass is 233 g/mol. The fourth-order valence-corrected chi connectivity index (χ4v) is 2.39. The Bertz CT molecular complexity index is 439. The number of rotatable bonds is 4. The highest BCUT2D eigenvalue weighted by atomic mass is 32.1. The fraction of sp³-hybridized carbons (Fsp3) is 0.231. The predicted molar refractivity (Wildman–Crippen MR) is 68.9 cm³/mol. The van der Waals surface area contributed by atoms with Crippen LogP contribution in [0.1, 0.15) is 16.5 Å². The summed E-state index contributed by atoms with van der Waals surface area (Å²) >= 11 is 1.66. The van der Waals surface area contributed by atoms with Gasteiger partial charge in [0.2, 0.25) is 0 Å². The van der Waals surface area contributed by atoms with E-state index in [1.54, 1.807) is 11.3 Å². The zero-order valence-corrected chi connectivity index (χ0v) is 10.00. The van der Waals surface area contributed by atoms with Gasteiger partial charge in [0.05, 0.1) is 12.6 Å². The molecule has 1 atom stereocenters. The molecule has 2 aromatic rings. The van der Waals surface area contributed by atoms with E-state index in [9.17, 15) is 5.11 Å². The van der Waals surface area contributed by atoms with Gasteiger partial charge in [-0.15, -0.1) is 11.3 Å². The fourth-order valence-electron chi connectivity index (χ4n) is 1.62. The van der Waals surface area contributed by atoms with Crippen LogP contribution in [-0.2, 0) is 0 Å². The highest BCUT2D eigenvalue weighted by Gasteiger charge is 2.11. The van der Waals surface area contributed by atoms with Crippen LogP contribution >= 0.6 is 11.3 Å². The summed E-state index contributed by atoms with van der Waals surface area (Å²) in [6.45, 7) is 2.17. The molecule has 0 aliphatic carbocycles. The molecule has 1 aromatic heterocycles. The lowest BCUT2D eigenvalue weighted by atomic mass is 10.1. The molecule has 0 aliphatic heterocycles. The van der Waals surface area contributed by atoms with E-state index in [-0.39, 0.29) is 12.6 Å². The molecule has 0 radical (unpaired) electrons. The zero-order chi connectivity index (χ0) is 11.4. The first-order chi connectivity index (χ1) is 7.81. The van der Waals surface area contributed by atoms with E-state index in [0.717, 1.165) is 10.6 Å². The summed E-state index contributed by atoms with van der Waals surface area (Å²) in [5.74, 6) is 0. The average molecular weight is 233 g/mol. The third-order valence-electron chi connectivity index (χ3n) is 2.54. The van der Waals surface area contributed by atoms with Crippen LogP contribution in [0.3, 0.4) is 0 Å². The minimum Gasteiger partial charge on any atom is -0.394 e. The quantitative estimate of drug-likeness (QED) is 0.850. The van der Waals surface area contributed by atoms with E-state index in [1.165, 1.54) is 5.56 Å². The van der Waals surface area contributed by atoms with Crippen molar-refractivity contribution in [3.8, 4) is 0 Å². The summed E-state index contributed by atoms with van der Waals surface area (Å²) in [6.07, 6.45) is 0. The molecule has 1 aromatic carbocycles. The topological polar surface area (TPSA) is 32.3 Å². The van der Waals surface area contributed by atoms with Gasteiger partial charge in [0, 0.05) is 10.6 Å². The minimum absolute atomic E-state index is 0.0129. The van der Waals surface area contributed by atoms with Crippen LogP contribution in [0.4, 0.5) is 5.69 Å². The van der Waals surface area contributed by atoms with Crippen molar-refractivity contribution in [2.45, 2.75) is 13.0 Å². The van der Waals surface area contributed by atoms with Crippen LogP contribution in [0.2, 0.25) is 0 Å². The smallest absolute Gasteiger partial charge is 0.0837 e. The van der Waals surface area contributed by atoms with Gasteiger partial charge in [0.1, 0.15) is 0 Å². The molecule has 84 valence electrons. The van der Waals surface area contributed by atoms with Gasteiger partial charge < -0.3 is 10.4 Å². The van der Waals surface area contributed by atoms with E-state index >= 15 is 0 Å². The van der Waals surface area contributed by atoms with Gasteiger partial charge in [-0.2, -0.15) is 0 Å². The van der Waals surface area contributed by atoms with Crippen molar-refractivity contribution < 1.29 is 5.11 Å². The van der Waals surface area contributed by atoms with Gasteiger partial charge in [0.25, 0.3) is 0 Å². The average Bonchev–Trinajstić information content (AvgIpc) is 2.81. The van der Waals surface area contributed by atoms with Gasteiger partial charge in [-0.3, -0.25) is 0 Å². The van der Waals surface area contributed by atoms with Crippen molar-refractivity contribution >= 4 is 17.0 Å². The normalized spacial score (nSPS) is 12.4. The van der Waals surface area contributed by atoms with Crippen LogP contribution in [0.25, 0.3) is 0 Å². The Morgan fingerprint density at radius 3 is 2.69 bits per heavy atom. The lowest BCUT2D eigenvalue weighted by Crippen LogP contribution is -2.14. The molecule has 16 heavy (non-hydrogen) atoms. The molecule has 0 spiro atoms. The molecule has 0 saturated carbocycles. The summed E-state index contributed by atoms with van der Waals surface area (Å²) in [5.41, 5.74) is 2.27. The molecule has 2 rings (SSSR count). The molecular formula is C13H15NOS. The van der Waals surface area contributed by atoms with Gasteiger partial charge in [0.15, 0.2) is 0 Å². The molecule has 1 unspecified atom stereocenters. The maximum Gasteiger partial charge on any atom is 0.0837 e. The Morgan fingerprint density at radius 2 is 2.06 bits per heavy atom. The number of hydrogen-bond donors (Lipinski definition) is 2. The SMILES string of the molecule is Cc1ccccc1NC(CO)c1cccs1. The van der Waals surface area contributed by atoms with E-state index < -0.39 is 0 Å². The summed E-state index contributed by atoms with van der Waals surface area (Å²) in [5, 5.41) is 14.8. The van der Waals surface area contributed by atoms with Gasteiger partial charge in [-0.1, -0.05) is 24.3 Å². The third-order valence-corrected chi connectivity index (χ3v) is 3.53. The Kier molecular flexibility index (Phi) is 3.59. The van der Waals surface area contributed by atoms with Crippen molar-refractivity contribution in [1.29, 1.82) is 0 Å². The number of thiophene rings is 1. The molecule has 0 aliphatic rings. The third kappa shape index (κ3) is 2.43. The Balaban J connectivity index is 2.17. The number of anilines is 1. The maximum atomic E-state index is 9.39. The van der Waals surface area contributed by atoms with Crippen LogP contribution in [0.5, 0.6) is 0 Å². The number of nitrogens with one attached hydrogen (secondary N) is 1. The first kappa shape index (κ1) is 11.2. The Labute approximate surface area is 99.6 Å². The molecule has 2 N–H and O–H groups in total. The summed E-state index contributed by atoms with van der Waals surface area (Å²) < 4.78 is 0. The molecular weight excluding hydrogens is 218 g/mol. The Morgan fingerprint density at radius 1 is 1.25 bits per heavy atom. The predicted octanol–water partition coefficient (Wildman–Crippen LogP) is 3.20. The molecule has 0 saturated heterocycles. The van der Waals surface area contributed by atoms with Crippen molar-refractivity contribution in [2.75, 3.05) is 11.9 Å². The summed E-state index contributed by atoms with van der Waals surface area (Å²) in [4.78, 5) is 1.16. The lowest BCUT2D eigenvalue weighted by molar-refractivity contribution is 0.277. The summed E-state index contributed by atoms with van der Waals surface area (Å²) in [6, 6.07) is 12.1. The van der Waals surface area contributed by atoms with Gasteiger partial charge in [-0.05, 0) is 30.0 Å². The number of para-hydroxylation sites is 1. The molecule has 2 nitrogen and oxygen atoms in total. The van der Waals surface area contributed by atoms with Crippen LogP contribution < -0.4 is 5.32 Å². The van der Waals surface area contributed by atoms with Crippen molar-refractivity contribution in [3.63, 3.8) is 0 Å².